The summed E-state index contributed by atoms with van der Waals surface area (Å²) >= 11 is 0. The topological polar surface area (TPSA) is 47.6 Å². The van der Waals surface area contributed by atoms with Crippen LogP contribution in [0.25, 0.3) is 0 Å². The third kappa shape index (κ3) is 4.48. The summed E-state index contributed by atoms with van der Waals surface area (Å²) in [7, 11) is 0. The Hall–Kier alpha value is -1.69. The van der Waals surface area contributed by atoms with Gasteiger partial charge in [0, 0.05) is 6.42 Å². The predicted molar refractivity (Wildman–Crippen MR) is 63.9 cm³/mol. The number of alkyl carbamates (subject to hydrolysis) is 1. The molecule has 0 aromatic heterocycles. The molecule has 1 fully saturated rings. The number of ether oxygens (including phenoxy) is 2. The van der Waals surface area contributed by atoms with Crippen molar-refractivity contribution in [3.05, 3.63) is 35.9 Å². The second kappa shape index (κ2) is 5.97. The molecule has 1 unspecified atom stereocenters. The summed E-state index contributed by atoms with van der Waals surface area (Å²) in [6.07, 6.45) is -1.14. The monoisotopic (exact) mass is 271 g/mol. The largest absolute Gasteiger partial charge is 0.445 e. The Labute approximate surface area is 109 Å². The fraction of sp³-hybridized carbons (Fsp3) is 0.462. The van der Waals surface area contributed by atoms with E-state index in [0.29, 0.717) is 0 Å². The molecular formula is C13H15F2NO3. The zero-order valence-electron chi connectivity index (χ0n) is 10.3. The van der Waals surface area contributed by atoms with Crippen molar-refractivity contribution in [2.24, 2.45) is 0 Å². The van der Waals surface area contributed by atoms with Gasteiger partial charge in [0.1, 0.15) is 13.2 Å². The average molecular weight is 271 g/mol. The summed E-state index contributed by atoms with van der Waals surface area (Å²) in [5.41, 5.74) is 0.836. The van der Waals surface area contributed by atoms with Crippen molar-refractivity contribution >= 4 is 6.09 Å². The highest BCUT2D eigenvalue weighted by Crippen LogP contribution is 2.24. The van der Waals surface area contributed by atoms with Crippen LogP contribution in [0.2, 0.25) is 0 Å². The molecule has 104 valence electrons. The first-order chi connectivity index (χ1) is 9.05. The Morgan fingerprint density at radius 1 is 1.42 bits per heavy atom. The molecule has 1 saturated heterocycles. The van der Waals surface area contributed by atoms with Crippen LogP contribution in [-0.4, -0.2) is 31.3 Å². The molecule has 1 amide bonds. The van der Waals surface area contributed by atoms with E-state index in [1.165, 1.54) is 0 Å². The minimum Gasteiger partial charge on any atom is -0.445 e. The first kappa shape index (κ1) is 13.7. The van der Waals surface area contributed by atoms with Gasteiger partial charge in [0.2, 0.25) is 0 Å². The summed E-state index contributed by atoms with van der Waals surface area (Å²) in [6.45, 7) is -0.406. The van der Waals surface area contributed by atoms with Crippen LogP contribution in [0.4, 0.5) is 13.6 Å². The number of nitrogens with one attached hydrogen (secondary N) is 1. The molecule has 0 saturated carbocycles. The molecule has 1 N–H and O–H groups in total. The number of benzene rings is 1. The Morgan fingerprint density at radius 2 is 2.16 bits per heavy atom. The van der Waals surface area contributed by atoms with E-state index in [0.717, 1.165) is 5.56 Å². The molecule has 19 heavy (non-hydrogen) atoms. The molecule has 6 heteroatoms. The van der Waals surface area contributed by atoms with Gasteiger partial charge in [0.15, 0.2) is 0 Å². The summed E-state index contributed by atoms with van der Waals surface area (Å²) in [5, 5.41) is 2.38. The molecule has 2 rings (SSSR count). The normalized spacial score (nSPS) is 21.7. The maximum atomic E-state index is 13.0. The maximum Gasteiger partial charge on any atom is 0.407 e. The molecule has 0 bridgehead atoms. The molecule has 1 aromatic carbocycles. The summed E-state index contributed by atoms with van der Waals surface area (Å²) in [6, 6.07) is 8.41. The van der Waals surface area contributed by atoms with Crippen LogP contribution in [0, 0.1) is 0 Å². The van der Waals surface area contributed by atoms with Crippen molar-refractivity contribution in [3.63, 3.8) is 0 Å². The highest BCUT2D eigenvalue weighted by molar-refractivity contribution is 5.67. The van der Waals surface area contributed by atoms with E-state index in [1.54, 1.807) is 0 Å². The van der Waals surface area contributed by atoms with Crippen molar-refractivity contribution < 1.29 is 23.0 Å². The van der Waals surface area contributed by atoms with Gasteiger partial charge < -0.3 is 14.8 Å². The van der Waals surface area contributed by atoms with E-state index in [4.69, 9.17) is 9.47 Å². The van der Waals surface area contributed by atoms with Gasteiger partial charge in [-0.25, -0.2) is 13.6 Å². The zero-order chi connectivity index (χ0) is 13.7. The molecule has 1 aromatic rings. The van der Waals surface area contributed by atoms with Gasteiger partial charge in [-0.3, -0.25) is 0 Å². The fourth-order valence-electron chi connectivity index (χ4n) is 1.85. The van der Waals surface area contributed by atoms with Gasteiger partial charge >= 0.3 is 6.09 Å². The minimum absolute atomic E-state index is 0.0794. The van der Waals surface area contributed by atoms with Gasteiger partial charge in [-0.15, -0.1) is 0 Å². The lowest BCUT2D eigenvalue weighted by molar-refractivity contribution is -0.124. The lowest BCUT2D eigenvalue weighted by Crippen LogP contribution is -2.47. The number of amides is 1. The van der Waals surface area contributed by atoms with Gasteiger partial charge in [-0.05, 0) is 5.56 Å². The number of carbonyl (C=O) groups excluding carboxylic acids is 1. The van der Waals surface area contributed by atoms with Crippen molar-refractivity contribution in [1.29, 1.82) is 0 Å². The van der Waals surface area contributed by atoms with E-state index in [9.17, 15) is 13.6 Å². The van der Waals surface area contributed by atoms with Gasteiger partial charge in [0.05, 0.1) is 12.6 Å². The van der Waals surface area contributed by atoms with E-state index >= 15 is 0 Å². The molecule has 1 aliphatic rings. The van der Waals surface area contributed by atoms with Crippen LogP contribution in [0.3, 0.4) is 0 Å². The number of rotatable bonds is 3. The lowest BCUT2D eigenvalue weighted by atomic mass is 10.1. The highest BCUT2D eigenvalue weighted by atomic mass is 19.3. The highest BCUT2D eigenvalue weighted by Gasteiger charge is 2.38. The van der Waals surface area contributed by atoms with Crippen molar-refractivity contribution in [2.75, 3.05) is 13.2 Å². The van der Waals surface area contributed by atoms with Crippen LogP contribution >= 0.6 is 0 Å². The SMILES string of the molecule is O=C(NC1COCC(F)(F)C1)OCc1ccccc1. The Morgan fingerprint density at radius 3 is 2.84 bits per heavy atom. The third-order valence-corrected chi connectivity index (χ3v) is 2.71. The minimum atomic E-state index is -2.89. The molecular weight excluding hydrogens is 256 g/mol. The fourth-order valence-corrected chi connectivity index (χ4v) is 1.85. The first-order valence-electron chi connectivity index (χ1n) is 5.98. The smallest absolute Gasteiger partial charge is 0.407 e. The second-order valence-corrected chi connectivity index (χ2v) is 4.48. The summed E-state index contributed by atoms with van der Waals surface area (Å²) in [4.78, 5) is 11.5. The van der Waals surface area contributed by atoms with Crippen LogP contribution < -0.4 is 5.32 Å². The maximum absolute atomic E-state index is 13.0. The van der Waals surface area contributed by atoms with Crippen LogP contribution in [-0.2, 0) is 16.1 Å². The average Bonchev–Trinajstić information content (AvgIpc) is 2.36. The van der Waals surface area contributed by atoms with E-state index in [1.807, 2.05) is 30.3 Å². The van der Waals surface area contributed by atoms with E-state index < -0.39 is 31.1 Å². The van der Waals surface area contributed by atoms with Gasteiger partial charge in [0.25, 0.3) is 5.92 Å². The molecule has 4 nitrogen and oxygen atoms in total. The van der Waals surface area contributed by atoms with Crippen LogP contribution in [0.1, 0.15) is 12.0 Å². The molecule has 0 aliphatic carbocycles. The quantitative estimate of drug-likeness (QED) is 0.918. The Kier molecular flexibility index (Phi) is 4.31. The van der Waals surface area contributed by atoms with Crippen molar-refractivity contribution in [2.45, 2.75) is 25.0 Å². The molecule has 1 atom stereocenters. The van der Waals surface area contributed by atoms with Gasteiger partial charge in [-0.1, -0.05) is 30.3 Å². The lowest BCUT2D eigenvalue weighted by Gasteiger charge is -2.29. The molecule has 0 radical (unpaired) electrons. The van der Waals surface area contributed by atoms with Crippen LogP contribution in [0.5, 0.6) is 0 Å². The third-order valence-electron chi connectivity index (χ3n) is 2.71. The molecule has 1 aliphatic heterocycles. The summed E-state index contributed by atoms with van der Waals surface area (Å²) < 4.78 is 35.8. The van der Waals surface area contributed by atoms with Crippen molar-refractivity contribution in [1.82, 2.24) is 5.32 Å². The van der Waals surface area contributed by atoms with E-state index in [-0.39, 0.29) is 13.2 Å². The van der Waals surface area contributed by atoms with Crippen molar-refractivity contribution in [3.8, 4) is 0 Å². The summed E-state index contributed by atoms with van der Waals surface area (Å²) in [5.74, 6) is -2.89. The first-order valence-corrected chi connectivity index (χ1v) is 5.98. The molecule has 1 heterocycles. The second-order valence-electron chi connectivity index (χ2n) is 4.48. The number of alkyl halides is 2. The number of halogens is 2. The number of carbonyl (C=O) groups is 1. The predicted octanol–water partition coefficient (Wildman–Crippen LogP) is 2.34. The van der Waals surface area contributed by atoms with E-state index in [2.05, 4.69) is 5.32 Å². The number of hydrogen-bond acceptors (Lipinski definition) is 3. The zero-order valence-corrected chi connectivity index (χ0v) is 10.3. The molecule has 0 spiro atoms. The standard InChI is InChI=1S/C13H15F2NO3/c14-13(15)6-11(8-18-9-13)16-12(17)19-7-10-4-2-1-3-5-10/h1-5,11H,6-9H2,(H,16,17). The Balaban J connectivity index is 1.75. The Bertz CT molecular complexity index is 425. The van der Waals surface area contributed by atoms with Crippen LogP contribution in [0.15, 0.2) is 30.3 Å². The number of hydrogen-bond donors (Lipinski definition) is 1. The van der Waals surface area contributed by atoms with Gasteiger partial charge in [-0.2, -0.15) is 0 Å².